The molecule has 0 spiro atoms. The van der Waals surface area contributed by atoms with Gasteiger partial charge in [0.25, 0.3) is 0 Å². The molecule has 1 saturated carbocycles. The number of anilines is 1. The van der Waals surface area contributed by atoms with Gasteiger partial charge in [-0.3, -0.25) is 0 Å². The topological polar surface area (TPSA) is 39.1 Å². The minimum Gasteiger partial charge on any atom is -0.381 e. The lowest BCUT2D eigenvalue weighted by Crippen LogP contribution is -2.25. The fraction of sp³-hybridized carbons (Fsp3) is 0.786. The summed E-state index contributed by atoms with van der Waals surface area (Å²) in [6.07, 6.45) is 6.19. The summed E-state index contributed by atoms with van der Waals surface area (Å²) in [5, 5.41) is 8.49. The molecule has 1 unspecified atom stereocenters. The number of hydrogen-bond donors (Lipinski definition) is 1. The largest absolute Gasteiger partial charge is 0.381 e. The molecule has 1 aromatic rings. The number of hydrogen-bond acceptors (Lipinski definition) is 3. The Morgan fingerprint density at radius 3 is 2.68 bits per heavy atom. The van der Waals surface area contributed by atoms with Crippen molar-refractivity contribution >= 4 is 21.7 Å². The van der Waals surface area contributed by atoms with Gasteiger partial charge in [-0.2, -0.15) is 5.10 Å². The number of halogens is 1. The summed E-state index contributed by atoms with van der Waals surface area (Å²) in [6, 6.07) is 0.626. The predicted octanol–water partition coefficient (Wildman–Crippen LogP) is 3.31. The first-order valence-electron chi connectivity index (χ1n) is 7.44. The van der Waals surface area contributed by atoms with Crippen LogP contribution in [0.3, 0.4) is 0 Å². The first kappa shape index (κ1) is 12.2. The van der Waals surface area contributed by atoms with E-state index in [1.54, 1.807) is 0 Å². The molecular formula is C14H20BrN3O. The van der Waals surface area contributed by atoms with Gasteiger partial charge in [-0.25, -0.2) is 4.68 Å². The van der Waals surface area contributed by atoms with Crippen LogP contribution < -0.4 is 5.32 Å². The highest BCUT2D eigenvalue weighted by molar-refractivity contribution is 9.10. The molecule has 1 aromatic heterocycles. The Kier molecular flexibility index (Phi) is 3.07. The van der Waals surface area contributed by atoms with Gasteiger partial charge in [-0.15, -0.1) is 0 Å². The zero-order chi connectivity index (χ0) is 12.8. The Bertz CT molecular complexity index is 477. The summed E-state index contributed by atoms with van der Waals surface area (Å²) in [5.74, 6) is 2.64. The van der Waals surface area contributed by atoms with E-state index in [-0.39, 0.29) is 0 Å². The number of fused-ring (bicyclic) bond motifs is 1. The minimum atomic E-state index is 0.558. The summed E-state index contributed by atoms with van der Waals surface area (Å²) in [5.41, 5.74) is 1.25. The van der Waals surface area contributed by atoms with Gasteiger partial charge in [-0.05, 0) is 54.0 Å². The lowest BCUT2D eigenvalue weighted by molar-refractivity contribution is 0.0841. The summed E-state index contributed by atoms with van der Waals surface area (Å²) in [6.45, 7) is 2.83. The first-order valence-corrected chi connectivity index (χ1v) is 8.23. The molecule has 5 heteroatoms. The second kappa shape index (κ2) is 4.77. The maximum Gasteiger partial charge on any atom is 0.139 e. The normalized spacial score (nSPS) is 27.9. The Morgan fingerprint density at radius 1 is 1.16 bits per heavy atom. The quantitative estimate of drug-likeness (QED) is 0.906. The van der Waals surface area contributed by atoms with Crippen molar-refractivity contribution in [3.8, 4) is 0 Å². The summed E-state index contributed by atoms with van der Waals surface area (Å²) < 4.78 is 8.94. The third-order valence-corrected chi connectivity index (χ3v) is 5.48. The van der Waals surface area contributed by atoms with Crippen molar-refractivity contribution in [2.24, 2.45) is 5.92 Å². The van der Waals surface area contributed by atoms with Crippen molar-refractivity contribution in [2.45, 2.75) is 44.1 Å². The number of ether oxygens (including phenoxy) is 1. The van der Waals surface area contributed by atoms with E-state index in [2.05, 4.69) is 25.9 Å². The third kappa shape index (κ3) is 2.11. The lowest BCUT2D eigenvalue weighted by Gasteiger charge is -2.25. The van der Waals surface area contributed by atoms with Gasteiger partial charge >= 0.3 is 0 Å². The van der Waals surface area contributed by atoms with Crippen LogP contribution in [0.2, 0.25) is 0 Å². The number of nitrogens with one attached hydrogen (secondary N) is 1. The predicted molar refractivity (Wildman–Crippen MR) is 77.6 cm³/mol. The van der Waals surface area contributed by atoms with E-state index in [1.165, 1.54) is 35.2 Å². The molecule has 0 radical (unpaired) electrons. The average Bonchev–Trinajstić information content (AvgIpc) is 3.24. The molecular weight excluding hydrogens is 306 g/mol. The number of nitrogens with zero attached hydrogens (tertiary/aromatic N) is 2. The molecule has 3 heterocycles. The highest BCUT2D eigenvalue weighted by atomic mass is 79.9. The van der Waals surface area contributed by atoms with Crippen LogP contribution in [0.1, 0.15) is 49.8 Å². The highest BCUT2D eigenvalue weighted by Gasteiger charge is 2.37. The number of aromatic nitrogens is 2. The van der Waals surface area contributed by atoms with E-state index < -0.39 is 0 Å². The molecule has 1 atom stereocenters. The van der Waals surface area contributed by atoms with E-state index in [0.717, 1.165) is 38.5 Å². The average molecular weight is 326 g/mol. The Hall–Kier alpha value is -0.550. The van der Waals surface area contributed by atoms with Crippen LogP contribution in [0.25, 0.3) is 0 Å². The fourth-order valence-corrected chi connectivity index (χ4v) is 4.16. The van der Waals surface area contributed by atoms with Gasteiger partial charge in [0.05, 0.1) is 16.2 Å². The van der Waals surface area contributed by atoms with Crippen LogP contribution >= 0.6 is 15.9 Å². The van der Waals surface area contributed by atoms with Gasteiger partial charge in [0, 0.05) is 25.7 Å². The van der Waals surface area contributed by atoms with Crippen LogP contribution in [0.15, 0.2) is 4.47 Å². The molecule has 3 aliphatic rings. The Morgan fingerprint density at radius 2 is 1.95 bits per heavy atom. The second-order valence-electron chi connectivity index (χ2n) is 6.00. The molecule has 19 heavy (non-hydrogen) atoms. The van der Waals surface area contributed by atoms with Gasteiger partial charge in [0.15, 0.2) is 0 Å². The van der Waals surface area contributed by atoms with Gasteiger partial charge in [0.1, 0.15) is 5.82 Å². The highest BCUT2D eigenvalue weighted by Crippen LogP contribution is 2.47. The molecule has 0 amide bonds. The standard InChI is InChI=1S/C14H20BrN3O/c15-12-13(10-4-7-19-8-5-10)17-18-11(9-1-2-9)3-6-16-14(12)18/h9-11,16H,1-8H2. The van der Waals surface area contributed by atoms with Crippen molar-refractivity contribution < 1.29 is 4.74 Å². The molecule has 4 rings (SSSR count). The summed E-state index contributed by atoms with van der Waals surface area (Å²) >= 11 is 3.78. The second-order valence-corrected chi connectivity index (χ2v) is 6.79. The van der Waals surface area contributed by atoms with Crippen molar-refractivity contribution in [3.05, 3.63) is 10.2 Å². The minimum absolute atomic E-state index is 0.558. The van der Waals surface area contributed by atoms with Crippen LogP contribution in [0, 0.1) is 5.92 Å². The zero-order valence-corrected chi connectivity index (χ0v) is 12.7. The van der Waals surface area contributed by atoms with Crippen molar-refractivity contribution in [1.29, 1.82) is 0 Å². The molecule has 2 fully saturated rings. The molecule has 0 aromatic carbocycles. The molecule has 1 aliphatic carbocycles. The SMILES string of the molecule is Brc1c(C2CCOCC2)nn2c1NCCC2C1CC1. The van der Waals surface area contributed by atoms with E-state index in [0.29, 0.717) is 12.0 Å². The van der Waals surface area contributed by atoms with Gasteiger partial charge in [-0.1, -0.05) is 0 Å². The maximum absolute atomic E-state index is 5.47. The monoisotopic (exact) mass is 325 g/mol. The van der Waals surface area contributed by atoms with Crippen molar-refractivity contribution in [1.82, 2.24) is 9.78 Å². The summed E-state index contributed by atoms with van der Waals surface area (Å²) in [4.78, 5) is 0. The van der Waals surface area contributed by atoms with Crippen LogP contribution in [0.5, 0.6) is 0 Å². The molecule has 1 saturated heterocycles. The van der Waals surface area contributed by atoms with Crippen LogP contribution in [-0.2, 0) is 4.74 Å². The fourth-order valence-electron chi connectivity index (χ4n) is 3.44. The van der Waals surface area contributed by atoms with Crippen molar-refractivity contribution in [2.75, 3.05) is 25.1 Å². The lowest BCUT2D eigenvalue weighted by atomic mass is 9.97. The maximum atomic E-state index is 5.47. The molecule has 104 valence electrons. The molecule has 0 bridgehead atoms. The van der Waals surface area contributed by atoms with E-state index >= 15 is 0 Å². The first-order chi connectivity index (χ1) is 9.34. The van der Waals surface area contributed by atoms with E-state index in [1.807, 2.05) is 0 Å². The zero-order valence-electron chi connectivity index (χ0n) is 11.1. The van der Waals surface area contributed by atoms with Gasteiger partial charge in [0.2, 0.25) is 0 Å². The van der Waals surface area contributed by atoms with Crippen LogP contribution in [0.4, 0.5) is 5.82 Å². The summed E-state index contributed by atoms with van der Waals surface area (Å²) in [7, 11) is 0. The number of rotatable bonds is 2. The van der Waals surface area contributed by atoms with E-state index in [4.69, 9.17) is 9.84 Å². The molecule has 2 aliphatic heterocycles. The van der Waals surface area contributed by atoms with Gasteiger partial charge < -0.3 is 10.1 Å². The molecule has 1 N–H and O–H groups in total. The van der Waals surface area contributed by atoms with Crippen LogP contribution in [-0.4, -0.2) is 29.5 Å². The third-order valence-electron chi connectivity index (χ3n) is 4.70. The van der Waals surface area contributed by atoms with E-state index in [9.17, 15) is 0 Å². The van der Waals surface area contributed by atoms with Crippen molar-refractivity contribution in [3.63, 3.8) is 0 Å². The smallest absolute Gasteiger partial charge is 0.139 e. The Balaban J connectivity index is 1.68. The molecule has 4 nitrogen and oxygen atoms in total. The Labute approximate surface area is 122 Å².